The predicted octanol–water partition coefficient (Wildman–Crippen LogP) is 2.25. The van der Waals surface area contributed by atoms with Crippen LogP contribution in [0, 0.1) is 0 Å². The van der Waals surface area contributed by atoms with Crippen molar-refractivity contribution in [2.75, 3.05) is 24.3 Å². The van der Waals surface area contributed by atoms with Crippen LogP contribution in [0.5, 0.6) is 5.75 Å². The fourth-order valence-corrected chi connectivity index (χ4v) is 3.56. The van der Waals surface area contributed by atoms with Crippen LogP contribution in [0.25, 0.3) is 10.9 Å². The molecule has 2 aromatic carbocycles. The lowest BCUT2D eigenvalue weighted by molar-refractivity contribution is -0.120. The van der Waals surface area contributed by atoms with Gasteiger partial charge >= 0.3 is 0 Å². The minimum absolute atomic E-state index is 0.00631. The minimum Gasteiger partial charge on any atom is -0.482 e. The molecule has 8 heteroatoms. The Balaban J connectivity index is 1.53. The second kappa shape index (κ2) is 6.88. The van der Waals surface area contributed by atoms with E-state index in [0.29, 0.717) is 33.1 Å². The maximum atomic E-state index is 12.6. The van der Waals surface area contributed by atoms with Gasteiger partial charge in [0, 0.05) is 12.6 Å². The van der Waals surface area contributed by atoms with E-state index in [1.165, 1.54) is 4.90 Å². The predicted molar refractivity (Wildman–Crippen MR) is 103 cm³/mol. The van der Waals surface area contributed by atoms with Crippen molar-refractivity contribution in [1.82, 2.24) is 9.97 Å². The first kappa shape index (κ1) is 17.3. The molecule has 27 heavy (non-hydrogen) atoms. The Labute approximate surface area is 158 Å². The number of aromatic nitrogens is 2. The summed E-state index contributed by atoms with van der Waals surface area (Å²) < 4.78 is 5.37. The van der Waals surface area contributed by atoms with Gasteiger partial charge in [0.15, 0.2) is 17.5 Å². The van der Waals surface area contributed by atoms with Crippen molar-refractivity contribution >= 4 is 40.0 Å². The molecule has 0 atom stereocenters. The Morgan fingerprint density at radius 3 is 2.93 bits per heavy atom. The minimum atomic E-state index is -0.235. The van der Waals surface area contributed by atoms with E-state index in [2.05, 4.69) is 9.97 Å². The smallest absolute Gasteiger partial charge is 0.264 e. The first-order valence-electron chi connectivity index (χ1n) is 8.21. The van der Waals surface area contributed by atoms with Crippen LogP contribution in [-0.4, -0.2) is 41.1 Å². The SMILES string of the molecule is CN1C(=O)COc2ccc(C(=O)CSc3nc4ccccc4c(=O)[nH]3)cc21. The van der Waals surface area contributed by atoms with E-state index in [-0.39, 0.29) is 29.6 Å². The average Bonchev–Trinajstić information content (AvgIpc) is 2.69. The summed E-state index contributed by atoms with van der Waals surface area (Å²) >= 11 is 1.16. The first-order valence-corrected chi connectivity index (χ1v) is 9.20. The number of aromatic amines is 1. The number of hydrogen-bond donors (Lipinski definition) is 1. The number of nitrogens with one attached hydrogen (secondary N) is 1. The van der Waals surface area contributed by atoms with E-state index < -0.39 is 0 Å². The summed E-state index contributed by atoms with van der Waals surface area (Å²) in [4.78, 5) is 45.0. The number of ketones is 1. The number of carbonyl (C=O) groups is 2. The third-order valence-corrected chi connectivity index (χ3v) is 5.17. The highest BCUT2D eigenvalue weighted by Crippen LogP contribution is 2.32. The van der Waals surface area contributed by atoms with E-state index >= 15 is 0 Å². The maximum absolute atomic E-state index is 12.6. The molecule has 0 saturated heterocycles. The topological polar surface area (TPSA) is 92.4 Å². The van der Waals surface area contributed by atoms with Gasteiger partial charge in [0.05, 0.1) is 22.3 Å². The molecule has 2 heterocycles. The number of anilines is 1. The molecule has 0 spiro atoms. The molecular weight excluding hydrogens is 366 g/mol. The molecule has 0 unspecified atom stereocenters. The largest absolute Gasteiger partial charge is 0.482 e. The van der Waals surface area contributed by atoms with Crippen molar-refractivity contribution in [3.63, 3.8) is 0 Å². The number of fused-ring (bicyclic) bond motifs is 2. The molecule has 4 rings (SSSR count). The number of likely N-dealkylation sites (N-methyl/N-ethyl adjacent to an activating group) is 1. The number of thioether (sulfide) groups is 1. The highest BCUT2D eigenvalue weighted by molar-refractivity contribution is 7.99. The van der Waals surface area contributed by atoms with E-state index in [9.17, 15) is 14.4 Å². The summed E-state index contributed by atoms with van der Waals surface area (Å²) in [5, 5.41) is 0.899. The van der Waals surface area contributed by atoms with Crippen LogP contribution in [-0.2, 0) is 4.79 Å². The van der Waals surface area contributed by atoms with Gasteiger partial charge in [0.1, 0.15) is 5.75 Å². The van der Waals surface area contributed by atoms with E-state index in [1.807, 2.05) is 0 Å². The molecule has 7 nitrogen and oxygen atoms in total. The van der Waals surface area contributed by atoms with Gasteiger partial charge in [-0.2, -0.15) is 0 Å². The van der Waals surface area contributed by atoms with E-state index in [1.54, 1.807) is 49.5 Å². The lowest BCUT2D eigenvalue weighted by Gasteiger charge is -2.26. The van der Waals surface area contributed by atoms with Gasteiger partial charge in [-0.15, -0.1) is 0 Å². The zero-order chi connectivity index (χ0) is 19.0. The third kappa shape index (κ3) is 3.31. The summed E-state index contributed by atoms with van der Waals surface area (Å²) in [5.74, 6) is 0.379. The summed E-state index contributed by atoms with van der Waals surface area (Å²) in [6, 6.07) is 12.0. The van der Waals surface area contributed by atoms with Gasteiger partial charge in [0.2, 0.25) is 0 Å². The van der Waals surface area contributed by atoms with Crippen molar-refractivity contribution in [3.05, 3.63) is 58.4 Å². The monoisotopic (exact) mass is 381 g/mol. The van der Waals surface area contributed by atoms with Gasteiger partial charge < -0.3 is 14.6 Å². The molecule has 0 radical (unpaired) electrons. The Morgan fingerprint density at radius 1 is 1.26 bits per heavy atom. The molecule has 0 fully saturated rings. The zero-order valence-corrected chi connectivity index (χ0v) is 15.2. The Bertz CT molecular complexity index is 1130. The fraction of sp³-hybridized carbons (Fsp3) is 0.158. The van der Waals surface area contributed by atoms with Crippen LogP contribution in [0.4, 0.5) is 5.69 Å². The second-order valence-corrected chi connectivity index (χ2v) is 6.99. The molecule has 0 aliphatic carbocycles. The molecule has 1 N–H and O–H groups in total. The number of H-pyrrole nitrogens is 1. The molecule has 0 bridgehead atoms. The number of nitrogens with zero attached hydrogens (tertiary/aromatic N) is 2. The number of hydrogen-bond acceptors (Lipinski definition) is 6. The number of Topliss-reactive ketones (excluding diaryl/α,β-unsaturated/α-hetero) is 1. The van der Waals surface area contributed by atoms with Crippen molar-refractivity contribution in [1.29, 1.82) is 0 Å². The molecule has 0 saturated carbocycles. The molecule has 1 aliphatic rings. The van der Waals surface area contributed by atoms with E-state index in [0.717, 1.165) is 11.8 Å². The van der Waals surface area contributed by atoms with Crippen molar-refractivity contribution < 1.29 is 14.3 Å². The van der Waals surface area contributed by atoms with Crippen molar-refractivity contribution in [3.8, 4) is 5.75 Å². The van der Waals surface area contributed by atoms with Crippen LogP contribution < -0.4 is 15.2 Å². The Hall–Kier alpha value is -3.13. The summed E-state index contributed by atoms with van der Waals surface area (Å²) in [5.41, 5.74) is 1.39. The summed E-state index contributed by atoms with van der Waals surface area (Å²) in [7, 11) is 1.65. The van der Waals surface area contributed by atoms with Crippen LogP contribution in [0.3, 0.4) is 0 Å². The lowest BCUT2D eigenvalue weighted by Crippen LogP contribution is -2.35. The molecule has 136 valence electrons. The van der Waals surface area contributed by atoms with Crippen LogP contribution in [0.1, 0.15) is 10.4 Å². The average molecular weight is 381 g/mol. The number of amides is 1. The normalized spacial score (nSPS) is 13.4. The maximum Gasteiger partial charge on any atom is 0.264 e. The van der Waals surface area contributed by atoms with Crippen LogP contribution in [0.2, 0.25) is 0 Å². The molecule has 1 aromatic heterocycles. The number of para-hydroxylation sites is 1. The summed E-state index contributed by atoms with van der Waals surface area (Å²) in [6.07, 6.45) is 0. The molecular formula is C19H15N3O4S. The van der Waals surface area contributed by atoms with Crippen LogP contribution >= 0.6 is 11.8 Å². The van der Waals surface area contributed by atoms with Gasteiger partial charge in [-0.25, -0.2) is 4.98 Å². The molecule has 3 aromatic rings. The number of carbonyl (C=O) groups excluding carboxylic acids is 2. The Kier molecular flexibility index (Phi) is 4.41. The lowest BCUT2D eigenvalue weighted by atomic mass is 10.1. The van der Waals surface area contributed by atoms with Gasteiger partial charge in [-0.3, -0.25) is 14.4 Å². The van der Waals surface area contributed by atoms with Gasteiger partial charge in [-0.1, -0.05) is 23.9 Å². The number of benzene rings is 2. The van der Waals surface area contributed by atoms with Gasteiger partial charge in [0.25, 0.3) is 11.5 Å². The van der Waals surface area contributed by atoms with Crippen molar-refractivity contribution in [2.24, 2.45) is 0 Å². The fourth-order valence-electron chi connectivity index (χ4n) is 2.80. The second-order valence-electron chi connectivity index (χ2n) is 6.02. The highest BCUT2D eigenvalue weighted by Gasteiger charge is 2.23. The van der Waals surface area contributed by atoms with Crippen molar-refractivity contribution in [2.45, 2.75) is 5.16 Å². The summed E-state index contributed by atoms with van der Waals surface area (Å²) in [6.45, 7) is -0.00631. The zero-order valence-electron chi connectivity index (χ0n) is 14.4. The first-order chi connectivity index (χ1) is 13.0. The number of ether oxygens (including phenoxy) is 1. The quantitative estimate of drug-likeness (QED) is 0.423. The molecule has 1 amide bonds. The number of rotatable bonds is 4. The highest BCUT2D eigenvalue weighted by atomic mass is 32.2. The standard InChI is InChI=1S/C19H15N3O4S/c1-22-14-8-11(6-7-16(14)26-9-17(22)24)15(23)10-27-19-20-13-5-3-2-4-12(13)18(25)21-19/h2-8H,9-10H2,1H3,(H,20,21,25). The van der Waals surface area contributed by atoms with E-state index in [4.69, 9.17) is 4.74 Å². The van der Waals surface area contributed by atoms with Gasteiger partial charge in [-0.05, 0) is 30.3 Å². The third-order valence-electron chi connectivity index (χ3n) is 4.30. The molecule has 1 aliphatic heterocycles. The Morgan fingerprint density at radius 2 is 2.07 bits per heavy atom. The van der Waals surface area contributed by atoms with Crippen LogP contribution in [0.15, 0.2) is 52.4 Å².